The van der Waals surface area contributed by atoms with Crippen molar-refractivity contribution < 1.29 is 14.3 Å². The van der Waals surface area contributed by atoms with E-state index in [-0.39, 0.29) is 30.6 Å². The third-order valence-electron chi connectivity index (χ3n) is 7.47. The molecule has 4 rings (SSSR count). The lowest BCUT2D eigenvalue weighted by molar-refractivity contribution is -0.123. The molecule has 0 radical (unpaired) electrons. The number of carbonyl (C=O) groups excluding carboxylic acids is 1. The number of rotatable bonds is 7. The van der Waals surface area contributed by atoms with Gasteiger partial charge in [-0.2, -0.15) is 0 Å². The van der Waals surface area contributed by atoms with Crippen molar-refractivity contribution in [2.45, 2.75) is 76.9 Å². The Morgan fingerprint density at radius 1 is 1.03 bits per heavy atom. The van der Waals surface area contributed by atoms with Crippen molar-refractivity contribution in [3.05, 3.63) is 63.6 Å². The highest BCUT2D eigenvalue weighted by atomic mass is 35.5. The summed E-state index contributed by atoms with van der Waals surface area (Å²) in [7, 11) is 0. The Balaban J connectivity index is 1.38. The van der Waals surface area contributed by atoms with Gasteiger partial charge in [0.25, 0.3) is 5.91 Å². The van der Waals surface area contributed by atoms with Crippen LogP contribution in [0.2, 0.25) is 10.0 Å². The van der Waals surface area contributed by atoms with E-state index >= 15 is 0 Å². The van der Waals surface area contributed by atoms with Gasteiger partial charge in [-0.3, -0.25) is 4.79 Å². The minimum Gasteiger partial charge on any atom is -0.484 e. The van der Waals surface area contributed by atoms with Gasteiger partial charge in [-0.25, -0.2) is 0 Å². The zero-order valence-corrected chi connectivity index (χ0v) is 22.3. The number of carbonyl (C=O) groups is 1. The van der Waals surface area contributed by atoms with Crippen molar-refractivity contribution in [1.29, 1.82) is 0 Å². The van der Waals surface area contributed by atoms with E-state index in [0.29, 0.717) is 34.2 Å². The maximum absolute atomic E-state index is 12.5. The summed E-state index contributed by atoms with van der Waals surface area (Å²) < 4.78 is 12.3. The smallest absolute Gasteiger partial charge is 0.258 e. The molecule has 2 aromatic carbocycles. The average molecular weight is 519 g/mol. The molecule has 6 heteroatoms. The van der Waals surface area contributed by atoms with Crippen LogP contribution in [0.15, 0.2) is 42.5 Å². The number of hydrogen-bond donors (Lipinski definition) is 1. The molecule has 0 bridgehead atoms. The molecule has 1 N–H and O–H groups in total. The van der Waals surface area contributed by atoms with Gasteiger partial charge in [0.1, 0.15) is 5.75 Å². The van der Waals surface area contributed by atoms with Gasteiger partial charge in [-0.15, -0.1) is 0 Å². The van der Waals surface area contributed by atoms with Crippen LogP contribution in [0.5, 0.6) is 5.75 Å². The molecule has 4 nitrogen and oxygen atoms in total. The number of nitrogens with one attached hydrogen (secondary N) is 1. The summed E-state index contributed by atoms with van der Waals surface area (Å²) in [4.78, 5) is 12.5. The lowest BCUT2D eigenvalue weighted by Crippen LogP contribution is -2.37. The van der Waals surface area contributed by atoms with E-state index in [2.05, 4.69) is 31.3 Å². The molecule has 2 aromatic rings. The van der Waals surface area contributed by atoms with E-state index in [1.165, 1.54) is 31.2 Å². The predicted octanol–water partition coefficient (Wildman–Crippen LogP) is 7.73. The van der Waals surface area contributed by atoms with Crippen LogP contribution in [0, 0.1) is 11.8 Å². The molecule has 0 spiro atoms. The van der Waals surface area contributed by atoms with Crippen molar-refractivity contribution in [3.8, 4) is 5.75 Å². The first-order valence-corrected chi connectivity index (χ1v) is 13.7. The lowest BCUT2D eigenvalue weighted by atomic mass is 9.76. The van der Waals surface area contributed by atoms with Crippen LogP contribution in [0.4, 0.5) is 0 Å². The van der Waals surface area contributed by atoms with Crippen LogP contribution in [0.1, 0.15) is 81.9 Å². The molecule has 0 unspecified atom stereocenters. The summed E-state index contributed by atoms with van der Waals surface area (Å²) in [6, 6.07) is 14.2. The lowest BCUT2D eigenvalue weighted by Gasteiger charge is -2.39. The highest BCUT2D eigenvalue weighted by Crippen LogP contribution is 2.44. The van der Waals surface area contributed by atoms with Crippen LogP contribution in [-0.2, 0) is 9.53 Å². The van der Waals surface area contributed by atoms with Gasteiger partial charge < -0.3 is 14.8 Å². The molecule has 1 heterocycles. The fraction of sp³-hybridized carbons (Fsp3) is 0.552. The second kappa shape index (κ2) is 12.5. The molecule has 35 heavy (non-hydrogen) atoms. The maximum Gasteiger partial charge on any atom is 0.258 e. The van der Waals surface area contributed by atoms with Crippen molar-refractivity contribution >= 4 is 29.1 Å². The van der Waals surface area contributed by atoms with Crippen molar-refractivity contribution in [2.75, 3.05) is 13.2 Å². The van der Waals surface area contributed by atoms with Gasteiger partial charge in [0.2, 0.25) is 0 Å². The van der Waals surface area contributed by atoms with Crippen molar-refractivity contribution in [3.63, 3.8) is 0 Å². The molecule has 2 fully saturated rings. The van der Waals surface area contributed by atoms with Crippen LogP contribution < -0.4 is 10.1 Å². The normalized spacial score (nSPS) is 23.6. The first kappa shape index (κ1) is 26.3. The number of benzene rings is 2. The van der Waals surface area contributed by atoms with Gasteiger partial charge in [0.05, 0.1) is 22.8 Å². The van der Waals surface area contributed by atoms with Gasteiger partial charge in [-0.05, 0) is 66.5 Å². The van der Waals surface area contributed by atoms with Crippen LogP contribution in [0.25, 0.3) is 0 Å². The SMILES string of the molecule is CC(C)[C@@H]1C[C@H](c2ccc(Cl)c(Cl)c2)CO[C@H]1c1cccc(OCC(=O)NC2CCCCCC2)c1. The first-order valence-electron chi connectivity index (χ1n) is 13.0. The molecule has 0 aromatic heterocycles. The minimum atomic E-state index is -0.0410. The molecule has 1 saturated carbocycles. The Bertz CT molecular complexity index is 988. The third kappa shape index (κ3) is 7.15. The topological polar surface area (TPSA) is 47.6 Å². The van der Waals surface area contributed by atoms with Crippen LogP contribution in [0.3, 0.4) is 0 Å². The van der Waals surface area contributed by atoms with Gasteiger partial charge >= 0.3 is 0 Å². The Hall–Kier alpha value is -1.75. The Kier molecular flexibility index (Phi) is 9.38. The van der Waals surface area contributed by atoms with E-state index in [1.807, 2.05) is 30.3 Å². The van der Waals surface area contributed by atoms with E-state index < -0.39 is 0 Å². The molecule has 190 valence electrons. The zero-order valence-electron chi connectivity index (χ0n) is 20.8. The minimum absolute atomic E-state index is 0.0163. The summed E-state index contributed by atoms with van der Waals surface area (Å²) in [6.07, 6.45) is 8.05. The Morgan fingerprint density at radius 3 is 2.51 bits per heavy atom. The molecule has 3 atom stereocenters. The van der Waals surface area contributed by atoms with Crippen molar-refractivity contribution in [1.82, 2.24) is 5.32 Å². The largest absolute Gasteiger partial charge is 0.484 e. The van der Waals surface area contributed by atoms with Crippen molar-refractivity contribution in [2.24, 2.45) is 11.8 Å². The zero-order chi connectivity index (χ0) is 24.8. The summed E-state index contributed by atoms with van der Waals surface area (Å²) >= 11 is 12.4. The van der Waals surface area contributed by atoms with Crippen LogP contribution >= 0.6 is 23.2 Å². The first-order chi connectivity index (χ1) is 16.9. The summed E-state index contributed by atoms with van der Waals surface area (Å²) in [5, 5.41) is 4.31. The Labute approximate surface area is 219 Å². The number of halogens is 2. The maximum atomic E-state index is 12.5. The standard InChI is InChI=1S/C29H37Cl2NO3/c1-19(2)25-15-22(20-12-13-26(30)27(31)16-20)17-35-29(25)21-8-7-11-24(14-21)34-18-28(33)32-23-9-5-3-4-6-10-23/h7-8,11-14,16,19,22-23,25,29H,3-6,9-10,15,17-18H2,1-2H3,(H,32,33)/t22-,25-,29-/m0/s1. The van der Waals surface area contributed by atoms with Gasteiger partial charge in [-0.1, -0.05) is 80.9 Å². The highest BCUT2D eigenvalue weighted by molar-refractivity contribution is 6.42. The average Bonchev–Trinajstić information content (AvgIpc) is 3.13. The summed E-state index contributed by atoms with van der Waals surface area (Å²) in [5.74, 6) is 1.73. The fourth-order valence-corrected chi connectivity index (χ4v) is 5.76. The molecule has 1 saturated heterocycles. The quantitative estimate of drug-likeness (QED) is 0.382. The molecular formula is C29H37Cl2NO3. The molecular weight excluding hydrogens is 481 g/mol. The number of amides is 1. The van der Waals surface area contributed by atoms with E-state index in [0.717, 1.165) is 24.8 Å². The summed E-state index contributed by atoms with van der Waals surface area (Å²) in [6.45, 7) is 5.16. The van der Waals surface area contributed by atoms with E-state index in [9.17, 15) is 4.79 Å². The fourth-order valence-electron chi connectivity index (χ4n) is 5.45. The molecule has 2 aliphatic rings. The Morgan fingerprint density at radius 2 is 1.80 bits per heavy atom. The highest BCUT2D eigenvalue weighted by Gasteiger charge is 2.35. The van der Waals surface area contributed by atoms with Crippen LogP contribution in [-0.4, -0.2) is 25.2 Å². The monoisotopic (exact) mass is 517 g/mol. The predicted molar refractivity (Wildman–Crippen MR) is 142 cm³/mol. The summed E-state index contributed by atoms with van der Waals surface area (Å²) in [5.41, 5.74) is 2.26. The number of ether oxygens (including phenoxy) is 2. The van der Waals surface area contributed by atoms with E-state index in [4.69, 9.17) is 32.7 Å². The molecule has 1 aliphatic heterocycles. The van der Waals surface area contributed by atoms with E-state index in [1.54, 1.807) is 0 Å². The third-order valence-corrected chi connectivity index (χ3v) is 8.21. The van der Waals surface area contributed by atoms with Gasteiger partial charge in [0.15, 0.2) is 6.61 Å². The molecule has 1 aliphatic carbocycles. The second-order valence-electron chi connectivity index (χ2n) is 10.4. The number of hydrogen-bond acceptors (Lipinski definition) is 3. The molecule has 1 amide bonds. The second-order valence-corrected chi connectivity index (χ2v) is 11.2. The van der Waals surface area contributed by atoms with Gasteiger partial charge in [0, 0.05) is 12.0 Å².